The molecule has 5 heterocycles. The molecule has 2 fully saturated rings. The highest BCUT2D eigenvalue weighted by Gasteiger charge is 2.74. The van der Waals surface area contributed by atoms with E-state index in [1.54, 1.807) is 41.2 Å². The molecule has 2 amide bonds. The SMILES string of the molecule is O=C1O[C@H](c2ccccc2)[C@H](c2ccccc2)N2[C@H]1[C@@H](C(=O)NCCc1ccccn1)[C@]1(C(=O)Nc3ccc(C#CCn4nnc5ccccc54)cc31)[C@H]2c1ccc(O)cc1. The number of hydrogen-bond acceptors (Lipinski definition) is 9. The minimum absolute atomic E-state index is 0.0324. The molecular formula is C49H39N7O5. The van der Waals surface area contributed by atoms with Crippen molar-refractivity contribution in [2.45, 2.75) is 42.6 Å². The smallest absolute Gasteiger partial charge is 0.324 e. The van der Waals surface area contributed by atoms with E-state index in [1.165, 1.54) is 0 Å². The maximum Gasteiger partial charge on any atom is 0.324 e. The van der Waals surface area contributed by atoms with Crippen LogP contribution in [0, 0.1) is 17.8 Å². The van der Waals surface area contributed by atoms with E-state index in [4.69, 9.17) is 4.74 Å². The molecule has 5 aromatic carbocycles. The molecule has 1 spiro atoms. The summed E-state index contributed by atoms with van der Waals surface area (Å²) in [6.07, 6.45) is 1.32. The van der Waals surface area contributed by atoms with Crippen LogP contribution in [0.3, 0.4) is 0 Å². The molecule has 2 aromatic heterocycles. The summed E-state index contributed by atoms with van der Waals surface area (Å²) in [7, 11) is 0. The van der Waals surface area contributed by atoms with Gasteiger partial charge in [0.05, 0.1) is 23.5 Å². The van der Waals surface area contributed by atoms with Crippen LogP contribution < -0.4 is 10.6 Å². The van der Waals surface area contributed by atoms with E-state index in [2.05, 4.69) is 37.8 Å². The number of carbonyl (C=O) groups excluding carboxylic acids is 3. The van der Waals surface area contributed by atoms with Gasteiger partial charge in [0.15, 0.2) is 0 Å². The number of fused-ring (bicyclic) bond motifs is 4. The van der Waals surface area contributed by atoms with E-state index in [1.807, 2.05) is 120 Å². The Bertz CT molecular complexity index is 2840. The van der Waals surface area contributed by atoms with Crippen molar-refractivity contribution >= 4 is 34.5 Å². The van der Waals surface area contributed by atoms with Gasteiger partial charge in [0.1, 0.15) is 35.4 Å². The van der Waals surface area contributed by atoms with Gasteiger partial charge in [0.25, 0.3) is 0 Å². The van der Waals surface area contributed by atoms with Gasteiger partial charge in [-0.1, -0.05) is 108 Å². The van der Waals surface area contributed by atoms with E-state index >= 15 is 9.59 Å². The minimum Gasteiger partial charge on any atom is -0.508 e. The molecule has 300 valence electrons. The first-order chi connectivity index (χ1) is 29.9. The zero-order chi connectivity index (χ0) is 41.5. The standard InChI is InChI=1S/C49H39N7O5/c57-36-23-21-34(22-24-36)45-49(37-30-31(20-25-38(37)52-48(49)60)12-11-29-55-40-19-8-7-18-39(40)53-54-55)41(46(58)51-28-26-35-17-9-10-27-50-35)43-47(59)61-44(33-15-5-2-6-16-33)42(56(43)45)32-13-3-1-4-14-32/h1-10,13-25,27,30,41-45,57H,26,28-29H2,(H,51,58)(H,52,60)/t41-,42-,43-,44+,45+,49-/m0/s1. The van der Waals surface area contributed by atoms with Crippen molar-refractivity contribution in [1.82, 2.24) is 30.2 Å². The molecule has 3 N–H and O–H groups in total. The Kier molecular flexibility index (Phi) is 9.58. The predicted octanol–water partition coefficient (Wildman–Crippen LogP) is 6.21. The highest BCUT2D eigenvalue weighted by atomic mass is 16.6. The van der Waals surface area contributed by atoms with Gasteiger partial charge in [-0.3, -0.25) is 24.3 Å². The van der Waals surface area contributed by atoms with Crippen LogP contribution >= 0.6 is 0 Å². The first-order valence-corrected chi connectivity index (χ1v) is 20.2. The van der Waals surface area contributed by atoms with Crippen molar-refractivity contribution in [2.75, 3.05) is 11.9 Å². The molecule has 10 rings (SSSR count). The van der Waals surface area contributed by atoms with E-state index < -0.39 is 53.3 Å². The van der Waals surface area contributed by atoms with Gasteiger partial charge >= 0.3 is 5.97 Å². The number of morpholine rings is 1. The number of rotatable bonds is 8. The molecule has 0 saturated carbocycles. The van der Waals surface area contributed by atoms with Crippen molar-refractivity contribution in [3.8, 4) is 17.6 Å². The van der Waals surface area contributed by atoms with Gasteiger partial charge in [0.2, 0.25) is 11.8 Å². The fourth-order valence-corrected chi connectivity index (χ4v) is 9.55. The molecule has 12 heteroatoms. The quantitative estimate of drug-likeness (QED) is 0.120. The highest BCUT2D eigenvalue weighted by molar-refractivity contribution is 6.12. The van der Waals surface area contributed by atoms with Gasteiger partial charge in [0, 0.05) is 36.1 Å². The largest absolute Gasteiger partial charge is 0.508 e. The Morgan fingerprint density at radius 2 is 1.56 bits per heavy atom. The summed E-state index contributed by atoms with van der Waals surface area (Å²) in [5.74, 6) is 3.70. The highest BCUT2D eigenvalue weighted by Crippen LogP contribution is 2.64. The molecular weight excluding hydrogens is 767 g/mol. The Hall–Kier alpha value is -7.62. The zero-order valence-corrected chi connectivity index (χ0v) is 32.8. The van der Waals surface area contributed by atoms with Crippen LogP contribution in [-0.2, 0) is 37.5 Å². The van der Waals surface area contributed by atoms with E-state index in [9.17, 15) is 9.90 Å². The molecule has 0 radical (unpaired) electrons. The van der Waals surface area contributed by atoms with Crippen molar-refractivity contribution in [3.05, 3.63) is 185 Å². The number of amides is 2. The van der Waals surface area contributed by atoms with Crippen LogP contribution in [0.15, 0.2) is 152 Å². The van der Waals surface area contributed by atoms with Crippen molar-refractivity contribution < 1.29 is 24.2 Å². The summed E-state index contributed by atoms with van der Waals surface area (Å²) < 4.78 is 8.23. The molecule has 3 aliphatic rings. The van der Waals surface area contributed by atoms with E-state index in [-0.39, 0.29) is 18.8 Å². The molecule has 3 aliphatic heterocycles. The number of aromatic nitrogens is 4. The fraction of sp³-hybridized carbons (Fsp3) is 0.184. The number of aromatic hydroxyl groups is 1. The second kappa shape index (κ2) is 15.5. The fourth-order valence-electron chi connectivity index (χ4n) is 9.55. The Morgan fingerprint density at radius 3 is 2.33 bits per heavy atom. The average Bonchev–Trinajstić information content (AvgIpc) is 3.95. The number of benzene rings is 5. The van der Waals surface area contributed by atoms with E-state index in [0.717, 1.165) is 27.9 Å². The predicted molar refractivity (Wildman–Crippen MR) is 227 cm³/mol. The summed E-state index contributed by atoms with van der Waals surface area (Å²) in [4.78, 5) is 52.1. The van der Waals surface area contributed by atoms with Crippen LogP contribution in [0.4, 0.5) is 5.69 Å². The summed E-state index contributed by atoms with van der Waals surface area (Å²) in [5, 5.41) is 25.3. The molecule has 0 aliphatic carbocycles. The molecule has 0 bridgehead atoms. The molecule has 2 saturated heterocycles. The van der Waals surface area contributed by atoms with Gasteiger partial charge in [-0.2, -0.15) is 0 Å². The minimum atomic E-state index is -1.69. The second-order valence-corrected chi connectivity index (χ2v) is 15.5. The van der Waals surface area contributed by atoms with Gasteiger partial charge < -0.3 is 20.5 Å². The van der Waals surface area contributed by atoms with Gasteiger partial charge in [-0.25, -0.2) is 4.68 Å². The first-order valence-electron chi connectivity index (χ1n) is 20.2. The number of carbonyl (C=O) groups is 3. The Morgan fingerprint density at radius 1 is 0.820 bits per heavy atom. The molecule has 61 heavy (non-hydrogen) atoms. The zero-order valence-electron chi connectivity index (χ0n) is 32.8. The Labute approximate surface area is 351 Å². The lowest BCUT2D eigenvalue weighted by Crippen LogP contribution is -2.55. The number of hydrogen-bond donors (Lipinski definition) is 3. The van der Waals surface area contributed by atoms with Gasteiger partial charge in [-0.15, -0.1) is 5.10 Å². The topological polar surface area (TPSA) is 152 Å². The lowest BCUT2D eigenvalue weighted by molar-refractivity contribution is -0.178. The molecule has 7 aromatic rings. The summed E-state index contributed by atoms with van der Waals surface area (Å²) in [5.41, 5.74) is 4.58. The van der Waals surface area contributed by atoms with Crippen LogP contribution in [0.2, 0.25) is 0 Å². The summed E-state index contributed by atoms with van der Waals surface area (Å²) in [6.45, 7) is 0.471. The summed E-state index contributed by atoms with van der Waals surface area (Å²) in [6, 6.07) is 41.9. The van der Waals surface area contributed by atoms with Crippen LogP contribution in [0.1, 0.15) is 51.7 Å². The first kappa shape index (κ1) is 37.6. The number of nitrogens with one attached hydrogen (secondary N) is 2. The number of nitrogens with zero attached hydrogens (tertiary/aromatic N) is 5. The maximum atomic E-state index is 15.4. The average molecular weight is 806 g/mol. The third-order valence-corrected chi connectivity index (χ3v) is 12.1. The third kappa shape index (κ3) is 6.47. The number of esters is 1. The van der Waals surface area contributed by atoms with Crippen molar-refractivity contribution in [2.24, 2.45) is 5.92 Å². The number of ether oxygens (including phenoxy) is 1. The number of anilines is 1. The number of phenols is 1. The van der Waals surface area contributed by atoms with Crippen molar-refractivity contribution in [1.29, 1.82) is 0 Å². The molecule has 6 atom stereocenters. The number of phenolic OH excluding ortho intramolecular Hbond substituents is 1. The maximum absolute atomic E-state index is 15.4. The monoisotopic (exact) mass is 805 g/mol. The number of cyclic esters (lactones) is 1. The molecule has 12 nitrogen and oxygen atoms in total. The van der Waals surface area contributed by atoms with Crippen molar-refractivity contribution in [3.63, 3.8) is 0 Å². The number of pyridine rings is 1. The lowest BCUT2D eigenvalue weighted by atomic mass is 9.65. The van der Waals surface area contributed by atoms with Crippen LogP contribution in [-0.4, -0.2) is 60.4 Å². The van der Waals surface area contributed by atoms with E-state index in [0.29, 0.717) is 28.8 Å². The normalized spacial score (nSPS) is 22.8. The summed E-state index contributed by atoms with van der Waals surface area (Å²) >= 11 is 0. The van der Waals surface area contributed by atoms with Crippen LogP contribution in [0.25, 0.3) is 11.0 Å². The molecule has 0 unspecified atom stereocenters. The Balaban J connectivity index is 1.16. The lowest BCUT2D eigenvalue weighted by Gasteiger charge is -2.46. The van der Waals surface area contributed by atoms with Crippen LogP contribution in [0.5, 0.6) is 5.75 Å². The third-order valence-electron chi connectivity index (χ3n) is 12.1. The van der Waals surface area contributed by atoms with Gasteiger partial charge in [-0.05, 0) is 76.9 Å². The second-order valence-electron chi connectivity index (χ2n) is 15.5. The number of para-hydroxylation sites is 1.